The number of benzene rings is 1. The number of hydrogen-bond donors (Lipinski definition) is 3. The quantitative estimate of drug-likeness (QED) is 0.781. The van der Waals surface area contributed by atoms with Crippen LogP contribution in [-0.2, 0) is 0 Å². The van der Waals surface area contributed by atoms with Crippen LogP contribution >= 0.6 is 0 Å². The molecular weight excluding hydrogens is 250 g/mol. The number of hydrogen-bond acceptors (Lipinski definition) is 2. The van der Waals surface area contributed by atoms with Gasteiger partial charge in [0.15, 0.2) is 0 Å². The van der Waals surface area contributed by atoms with Crippen LogP contribution in [-0.4, -0.2) is 16.2 Å². The van der Waals surface area contributed by atoms with E-state index in [1.165, 1.54) is 25.7 Å². The van der Waals surface area contributed by atoms with E-state index >= 15 is 0 Å². The Morgan fingerprint density at radius 1 is 1.25 bits per heavy atom. The van der Waals surface area contributed by atoms with E-state index in [-0.39, 0.29) is 5.56 Å². The molecule has 0 spiro atoms. The van der Waals surface area contributed by atoms with E-state index in [2.05, 4.69) is 34.6 Å². The Morgan fingerprint density at radius 2 is 2.00 bits per heavy atom. The largest absolute Gasteiger partial charge is 0.383 e. The van der Waals surface area contributed by atoms with Crippen molar-refractivity contribution in [2.24, 2.45) is 5.92 Å². The normalized spacial score (nSPS) is 16.6. The topological polar surface area (TPSA) is 60.7 Å². The van der Waals surface area contributed by atoms with Crippen LogP contribution in [0.4, 0.5) is 5.69 Å². The molecule has 1 saturated carbocycles. The summed E-state index contributed by atoms with van der Waals surface area (Å²) in [4.78, 5) is 11.1. The third-order valence-electron chi connectivity index (χ3n) is 4.12. The second-order valence-electron chi connectivity index (χ2n) is 5.83. The summed E-state index contributed by atoms with van der Waals surface area (Å²) in [6, 6.07) is 10.3. The molecule has 0 saturated heterocycles. The van der Waals surface area contributed by atoms with Gasteiger partial charge < -0.3 is 5.32 Å². The zero-order valence-electron chi connectivity index (χ0n) is 11.8. The highest BCUT2D eigenvalue weighted by atomic mass is 16.1. The molecule has 3 N–H and O–H groups in total. The maximum atomic E-state index is 11.1. The Balaban J connectivity index is 1.62. The third-order valence-corrected chi connectivity index (χ3v) is 4.12. The molecule has 0 radical (unpaired) electrons. The smallest absolute Gasteiger partial charge is 0.264 e. The van der Waals surface area contributed by atoms with Crippen molar-refractivity contribution in [3.63, 3.8) is 0 Å². The fourth-order valence-electron chi connectivity index (χ4n) is 2.81. The van der Waals surface area contributed by atoms with Gasteiger partial charge in [0.05, 0.1) is 5.69 Å². The second kappa shape index (κ2) is 5.57. The van der Waals surface area contributed by atoms with Crippen molar-refractivity contribution in [2.75, 3.05) is 5.32 Å². The van der Waals surface area contributed by atoms with Crippen LogP contribution in [0.25, 0.3) is 11.3 Å². The molecule has 2 aromatic rings. The number of nitrogens with one attached hydrogen (secondary N) is 3. The summed E-state index contributed by atoms with van der Waals surface area (Å²) >= 11 is 0. The van der Waals surface area contributed by atoms with Gasteiger partial charge in [0.1, 0.15) is 0 Å². The maximum absolute atomic E-state index is 11.1. The molecule has 1 aromatic carbocycles. The number of rotatable bonds is 5. The molecule has 1 fully saturated rings. The molecule has 1 unspecified atom stereocenters. The summed E-state index contributed by atoms with van der Waals surface area (Å²) in [7, 11) is 0. The van der Waals surface area contributed by atoms with Gasteiger partial charge in [0, 0.05) is 17.8 Å². The number of H-pyrrole nitrogens is 2. The van der Waals surface area contributed by atoms with Crippen molar-refractivity contribution >= 4 is 5.69 Å². The average molecular weight is 271 g/mol. The van der Waals surface area contributed by atoms with Gasteiger partial charge in [-0.3, -0.25) is 15.0 Å². The van der Waals surface area contributed by atoms with E-state index < -0.39 is 0 Å². The molecule has 1 heterocycles. The fraction of sp³-hybridized carbons (Fsp3) is 0.438. The van der Waals surface area contributed by atoms with Crippen molar-refractivity contribution < 1.29 is 0 Å². The van der Waals surface area contributed by atoms with Gasteiger partial charge in [-0.2, -0.15) is 0 Å². The molecule has 1 atom stereocenters. The van der Waals surface area contributed by atoms with Crippen molar-refractivity contribution in [1.29, 1.82) is 0 Å². The van der Waals surface area contributed by atoms with Gasteiger partial charge in [-0.25, -0.2) is 0 Å². The van der Waals surface area contributed by atoms with E-state index in [0.29, 0.717) is 6.04 Å². The SMILES string of the molecule is CC(CC1CCC1)Nc1ccc(-c2cc(=O)[nH][nH]2)cc1. The summed E-state index contributed by atoms with van der Waals surface area (Å²) in [6.45, 7) is 2.25. The molecular formula is C16H21N3O. The van der Waals surface area contributed by atoms with Gasteiger partial charge >= 0.3 is 0 Å². The van der Waals surface area contributed by atoms with E-state index in [1.807, 2.05) is 12.1 Å². The van der Waals surface area contributed by atoms with Crippen LogP contribution in [0.1, 0.15) is 32.6 Å². The fourth-order valence-corrected chi connectivity index (χ4v) is 2.81. The predicted molar refractivity (Wildman–Crippen MR) is 81.9 cm³/mol. The highest BCUT2D eigenvalue weighted by Crippen LogP contribution is 2.31. The lowest BCUT2D eigenvalue weighted by Crippen LogP contribution is -2.23. The summed E-state index contributed by atoms with van der Waals surface area (Å²) in [5.74, 6) is 0.918. The Hall–Kier alpha value is -1.97. The minimum absolute atomic E-state index is 0.101. The Labute approximate surface area is 118 Å². The average Bonchev–Trinajstić information content (AvgIpc) is 2.82. The van der Waals surface area contributed by atoms with Crippen LogP contribution < -0.4 is 10.9 Å². The van der Waals surface area contributed by atoms with Gasteiger partial charge in [0.25, 0.3) is 5.56 Å². The standard InChI is InChI=1S/C16H21N3O/c1-11(9-12-3-2-4-12)17-14-7-5-13(6-8-14)15-10-16(20)19-18-15/h5-8,10-12,17H,2-4,9H2,1H3,(H2,18,19,20). The minimum atomic E-state index is -0.101. The second-order valence-corrected chi connectivity index (χ2v) is 5.83. The molecule has 0 bridgehead atoms. The molecule has 0 amide bonds. The molecule has 4 nitrogen and oxygen atoms in total. The van der Waals surface area contributed by atoms with Gasteiger partial charge in [-0.1, -0.05) is 31.4 Å². The van der Waals surface area contributed by atoms with E-state index in [4.69, 9.17) is 0 Å². The van der Waals surface area contributed by atoms with Crippen LogP contribution in [0.15, 0.2) is 35.1 Å². The number of anilines is 1. The summed E-state index contributed by atoms with van der Waals surface area (Å²) in [6.07, 6.45) is 5.45. The Morgan fingerprint density at radius 3 is 2.55 bits per heavy atom. The molecule has 1 aliphatic carbocycles. The molecule has 4 heteroatoms. The van der Waals surface area contributed by atoms with Gasteiger partial charge in [-0.15, -0.1) is 0 Å². The van der Waals surface area contributed by atoms with E-state index in [0.717, 1.165) is 22.9 Å². The first kappa shape index (κ1) is 13.0. The molecule has 1 aliphatic rings. The predicted octanol–water partition coefficient (Wildman–Crippen LogP) is 3.36. The number of aromatic amines is 2. The minimum Gasteiger partial charge on any atom is -0.383 e. The monoisotopic (exact) mass is 271 g/mol. The lowest BCUT2D eigenvalue weighted by molar-refractivity contribution is 0.286. The van der Waals surface area contributed by atoms with Crippen molar-refractivity contribution in [3.05, 3.63) is 40.7 Å². The van der Waals surface area contributed by atoms with E-state index in [1.54, 1.807) is 6.07 Å². The Bertz CT molecular complexity index is 607. The van der Waals surface area contributed by atoms with Crippen molar-refractivity contribution in [3.8, 4) is 11.3 Å². The zero-order valence-corrected chi connectivity index (χ0v) is 11.8. The maximum Gasteiger partial charge on any atom is 0.264 e. The first-order valence-electron chi connectivity index (χ1n) is 7.35. The van der Waals surface area contributed by atoms with Crippen LogP contribution in [0.2, 0.25) is 0 Å². The van der Waals surface area contributed by atoms with E-state index in [9.17, 15) is 4.79 Å². The third kappa shape index (κ3) is 2.95. The summed E-state index contributed by atoms with van der Waals surface area (Å²) < 4.78 is 0. The van der Waals surface area contributed by atoms with Crippen molar-refractivity contribution in [2.45, 2.75) is 38.6 Å². The zero-order chi connectivity index (χ0) is 13.9. The highest BCUT2D eigenvalue weighted by molar-refractivity contribution is 5.62. The first-order valence-corrected chi connectivity index (χ1v) is 7.35. The van der Waals surface area contributed by atoms with Crippen molar-refractivity contribution in [1.82, 2.24) is 10.2 Å². The molecule has 20 heavy (non-hydrogen) atoms. The molecule has 3 rings (SSSR count). The molecule has 1 aromatic heterocycles. The van der Waals surface area contributed by atoms with Crippen LogP contribution in [0.5, 0.6) is 0 Å². The van der Waals surface area contributed by atoms with Crippen LogP contribution in [0, 0.1) is 5.92 Å². The first-order chi connectivity index (χ1) is 9.70. The molecule has 106 valence electrons. The number of aromatic nitrogens is 2. The summed E-state index contributed by atoms with van der Waals surface area (Å²) in [5, 5.41) is 8.96. The van der Waals surface area contributed by atoms with Gasteiger partial charge in [-0.05, 0) is 37.0 Å². The lowest BCUT2D eigenvalue weighted by atomic mass is 9.81. The highest BCUT2D eigenvalue weighted by Gasteiger charge is 2.19. The van der Waals surface area contributed by atoms with Crippen LogP contribution in [0.3, 0.4) is 0 Å². The molecule has 0 aliphatic heterocycles. The Kier molecular flexibility index (Phi) is 3.63. The lowest BCUT2D eigenvalue weighted by Gasteiger charge is -2.28. The van der Waals surface area contributed by atoms with Gasteiger partial charge in [0.2, 0.25) is 0 Å². The summed E-state index contributed by atoms with van der Waals surface area (Å²) in [5.41, 5.74) is 2.87.